The number of nitrogens with zero attached hydrogens (tertiary/aromatic N) is 2. The molecule has 1 aliphatic heterocycles. The number of nitrogens with one attached hydrogen (secondary N) is 1. The van der Waals surface area contributed by atoms with Crippen LogP contribution < -0.4 is 5.32 Å². The minimum absolute atomic E-state index is 0.0306. The van der Waals surface area contributed by atoms with Crippen molar-refractivity contribution in [3.63, 3.8) is 0 Å². The zero-order chi connectivity index (χ0) is 14.7. The number of ether oxygens (including phenoxy) is 1. The third kappa shape index (κ3) is 2.95. The first-order chi connectivity index (χ1) is 10.3. The number of aryl methyl sites for hydroxylation is 1. The van der Waals surface area contributed by atoms with Gasteiger partial charge in [0, 0.05) is 19.1 Å². The molecule has 0 unspecified atom stereocenters. The highest BCUT2D eigenvalue weighted by Crippen LogP contribution is 2.33. The topological polar surface area (TPSA) is 77.2 Å². The maximum atomic E-state index is 12.0. The zero-order valence-electron chi connectivity index (χ0n) is 11.8. The summed E-state index contributed by atoms with van der Waals surface area (Å²) in [6, 6.07) is 10.1. The highest BCUT2D eigenvalue weighted by atomic mass is 16.6. The fraction of sp³-hybridized carbons (Fsp3) is 0.400. The SMILES string of the molecule is Cc1nonc1C(=O)NC[C@H]1CCO[C@@H]1c1ccccc1. The molecule has 1 saturated heterocycles. The molecule has 6 nitrogen and oxygen atoms in total. The maximum Gasteiger partial charge on any atom is 0.275 e. The Kier molecular flexibility index (Phi) is 3.96. The fourth-order valence-electron chi connectivity index (χ4n) is 2.60. The standard InChI is InChI=1S/C15H17N3O3/c1-10-13(18-21-17-10)15(19)16-9-12-7-8-20-14(12)11-5-3-2-4-6-11/h2-6,12,14H,7-9H2,1H3,(H,16,19)/t12-,14-/m1/s1. The van der Waals surface area contributed by atoms with E-state index in [-0.39, 0.29) is 23.6 Å². The van der Waals surface area contributed by atoms with Crippen LogP contribution in [0.25, 0.3) is 0 Å². The van der Waals surface area contributed by atoms with Crippen molar-refractivity contribution in [1.29, 1.82) is 0 Å². The van der Waals surface area contributed by atoms with E-state index in [1.165, 1.54) is 0 Å². The second-order valence-electron chi connectivity index (χ2n) is 5.16. The van der Waals surface area contributed by atoms with E-state index in [2.05, 4.69) is 32.4 Å². The fourth-order valence-corrected chi connectivity index (χ4v) is 2.60. The Morgan fingerprint density at radius 1 is 1.33 bits per heavy atom. The van der Waals surface area contributed by atoms with Crippen LogP contribution >= 0.6 is 0 Å². The lowest BCUT2D eigenvalue weighted by molar-refractivity contribution is 0.0841. The third-order valence-electron chi connectivity index (χ3n) is 3.73. The minimum Gasteiger partial charge on any atom is -0.373 e. The monoisotopic (exact) mass is 287 g/mol. The lowest BCUT2D eigenvalue weighted by Gasteiger charge is -2.19. The molecule has 1 N–H and O–H groups in total. The smallest absolute Gasteiger partial charge is 0.275 e. The number of carbonyl (C=O) groups is 1. The van der Waals surface area contributed by atoms with E-state index in [9.17, 15) is 4.79 Å². The molecule has 1 aromatic heterocycles. The van der Waals surface area contributed by atoms with Crippen molar-refractivity contribution >= 4 is 5.91 Å². The van der Waals surface area contributed by atoms with E-state index in [4.69, 9.17) is 4.74 Å². The Hall–Kier alpha value is -2.21. The van der Waals surface area contributed by atoms with Crippen LogP contribution in [0, 0.1) is 12.8 Å². The molecule has 1 fully saturated rings. The second kappa shape index (κ2) is 6.05. The molecule has 2 atom stereocenters. The predicted octanol–water partition coefficient (Wildman–Crippen LogP) is 1.89. The van der Waals surface area contributed by atoms with Crippen molar-refractivity contribution in [2.24, 2.45) is 5.92 Å². The van der Waals surface area contributed by atoms with Gasteiger partial charge < -0.3 is 10.1 Å². The Morgan fingerprint density at radius 2 is 2.14 bits per heavy atom. The number of hydrogen-bond acceptors (Lipinski definition) is 5. The molecule has 0 saturated carbocycles. The van der Waals surface area contributed by atoms with Gasteiger partial charge in [-0.3, -0.25) is 4.79 Å². The second-order valence-corrected chi connectivity index (χ2v) is 5.16. The number of amides is 1. The predicted molar refractivity (Wildman–Crippen MR) is 74.6 cm³/mol. The Labute approximate surface area is 122 Å². The van der Waals surface area contributed by atoms with Gasteiger partial charge in [-0.05, 0) is 24.1 Å². The summed E-state index contributed by atoms with van der Waals surface area (Å²) in [6.45, 7) is 2.95. The van der Waals surface area contributed by atoms with Crippen molar-refractivity contribution in [3.8, 4) is 0 Å². The summed E-state index contributed by atoms with van der Waals surface area (Å²) in [5.74, 6) is 0.00368. The number of hydrogen-bond donors (Lipinski definition) is 1. The van der Waals surface area contributed by atoms with E-state index in [1.807, 2.05) is 18.2 Å². The normalized spacial score (nSPS) is 21.4. The third-order valence-corrected chi connectivity index (χ3v) is 3.73. The van der Waals surface area contributed by atoms with Crippen LogP contribution in [0.3, 0.4) is 0 Å². The van der Waals surface area contributed by atoms with Gasteiger partial charge in [-0.25, -0.2) is 4.63 Å². The van der Waals surface area contributed by atoms with Gasteiger partial charge in [0.2, 0.25) is 0 Å². The highest BCUT2D eigenvalue weighted by molar-refractivity contribution is 5.92. The van der Waals surface area contributed by atoms with Crippen molar-refractivity contribution in [2.45, 2.75) is 19.4 Å². The summed E-state index contributed by atoms with van der Waals surface area (Å²) in [7, 11) is 0. The van der Waals surface area contributed by atoms with E-state index in [1.54, 1.807) is 6.92 Å². The molecule has 6 heteroatoms. The summed E-state index contributed by atoms with van der Waals surface area (Å²) in [5.41, 5.74) is 1.88. The van der Waals surface area contributed by atoms with Gasteiger partial charge >= 0.3 is 0 Å². The van der Waals surface area contributed by atoms with Gasteiger partial charge in [0.1, 0.15) is 5.69 Å². The summed E-state index contributed by atoms with van der Waals surface area (Å²) >= 11 is 0. The first-order valence-electron chi connectivity index (χ1n) is 6.99. The van der Waals surface area contributed by atoms with Gasteiger partial charge in [-0.2, -0.15) is 0 Å². The highest BCUT2D eigenvalue weighted by Gasteiger charge is 2.30. The number of rotatable bonds is 4. The van der Waals surface area contributed by atoms with Crippen molar-refractivity contribution in [1.82, 2.24) is 15.6 Å². The van der Waals surface area contributed by atoms with Crippen LogP contribution in [0.1, 0.15) is 34.3 Å². The Bertz CT molecular complexity index is 612. The van der Waals surface area contributed by atoms with Gasteiger partial charge in [0.05, 0.1) is 6.10 Å². The van der Waals surface area contributed by atoms with Crippen molar-refractivity contribution in [3.05, 3.63) is 47.3 Å². The minimum atomic E-state index is -0.257. The quantitative estimate of drug-likeness (QED) is 0.929. The molecular weight excluding hydrogens is 270 g/mol. The first-order valence-corrected chi connectivity index (χ1v) is 6.99. The molecule has 0 bridgehead atoms. The lowest BCUT2D eigenvalue weighted by Crippen LogP contribution is -2.31. The Morgan fingerprint density at radius 3 is 2.86 bits per heavy atom. The molecule has 110 valence electrons. The van der Waals surface area contributed by atoms with Crippen LogP contribution in [-0.4, -0.2) is 29.4 Å². The first kappa shape index (κ1) is 13.8. The van der Waals surface area contributed by atoms with Gasteiger partial charge in [0.25, 0.3) is 5.91 Å². The van der Waals surface area contributed by atoms with E-state index in [0.29, 0.717) is 18.8 Å². The molecule has 1 aromatic carbocycles. The summed E-state index contributed by atoms with van der Waals surface area (Å²) in [6.07, 6.45) is 0.957. The van der Waals surface area contributed by atoms with Gasteiger partial charge in [0.15, 0.2) is 5.69 Å². The Balaban J connectivity index is 1.62. The summed E-state index contributed by atoms with van der Waals surface area (Å²) in [5, 5.41) is 10.1. The van der Waals surface area contributed by atoms with Crippen LogP contribution in [0.2, 0.25) is 0 Å². The zero-order valence-corrected chi connectivity index (χ0v) is 11.8. The van der Waals surface area contributed by atoms with E-state index >= 15 is 0 Å². The van der Waals surface area contributed by atoms with Crippen LogP contribution in [0.4, 0.5) is 0 Å². The largest absolute Gasteiger partial charge is 0.373 e. The molecule has 2 aromatic rings. The lowest BCUT2D eigenvalue weighted by atomic mass is 9.95. The molecular formula is C15H17N3O3. The van der Waals surface area contributed by atoms with Gasteiger partial charge in [-0.1, -0.05) is 35.5 Å². The van der Waals surface area contributed by atoms with Crippen LogP contribution in [-0.2, 0) is 4.74 Å². The summed E-state index contributed by atoms with van der Waals surface area (Å²) in [4.78, 5) is 12.0. The maximum absolute atomic E-state index is 12.0. The van der Waals surface area contributed by atoms with E-state index in [0.717, 1.165) is 12.0 Å². The van der Waals surface area contributed by atoms with E-state index < -0.39 is 0 Å². The van der Waals surface area contributed by atoms with Crippen LogP contribution in [0.15, 0.2) is 35.0 Å². The van der Waals surface area contributed by atoms with Gasteiger partial charge in [-0.15, -0.1) is 0 Å². The average molecular weight is 287 g/mol. The number of benzene rings is 1. The molecule has 3 rings (SSSR count). The molecule has 2 heterocycles. The average Bonchev–Trinajstić information content (AvgIpc) is 3.14. The molecule has 0 spiro atoms. The number of carbonyl (C=O) groups excluding carboxylic acids is 1. The molecule has 0 aliphatic carbocycles. The van der Waals surface area contributed by atoms with Crippen molar-refractivity contribution in [2.75, 3.05) is 13.2 Å². The van der Waals surface area contributed by atoms with Crippen molar-refractivity contribution < 1.29 is 14.2 Å². The summed E-state index contributed by atoms with van der Waals surface area (Å²) < 4.78 is 10.3. The molecule has 21 heavy (non-hydrogen) atoms. The molecule has 0 radical (unpaired) electrons. The van der Waals surface area contributed by atoms with Crippen LogP contribution in [0.5, 0.6) is 0 Å². The number of aromatic nitrogens is 2. The molecule has 1 aliphatic rings. The molecule has 1 amide bonds.